The molecule has 1 fully saturated rings. The van der Waals surface area contributed by atoms with Gasteiger partial charge in [0.25, 0.3) is 5.91 Å². The van der Waals surface area contributed by atoms with Gasteiger partial charge in [0.2, 0.25) is 11.8 Å². The molecule has 200 valence electrons. The molecule has 0 bridgehead atoms. The van der Waals surface area contributed by atoms with E-state index in [2.05, 4.69) is 16.0 Å². The fourth-order valence-corrected chi connectivity index (χ4v) is 4.98. The largest absolute Gasteiger partial charge is 0.361 e. The smallest absolute Gasteiger partial charge is 0.253 e. The summed E-state index contributed by atoms with van der Waals surface area (Å²) in [5, 5.41) is 8.77. The minimum atomic E-state index is -0.924. The lowest BCUT2D eigenvalue weighted by atomic mass is 9.93. The summed E-state index contributed by atoms with van der Waals surface area (Å²) < 4.78 is 5.29. The number of nitrogens with one attached hydrogen (secondary N) is 3. The van der Waals surface area contributed by atoms with Crippen molar-refractivity contribution in [2.45, 2.75) is 50.9 Å². The Morgan fingerprint density at radius 3 is 2.00 bits per heavy atom. The van der Waals surface area contributed by atoms with Crippen LogP contribution in [0.15, 0.2) is 18.2 Å². The summed E-state index contributed by atoms with van der Waals surface area (Å²) in [6, 6.07) is 1.94. The van der Waals surface area contributed by atoms with Crippen LogP contribution in [0.4, 0.5) is 0 Å². The van der Waals surface area contributed by atoms with Gasteiger partial charge < -0.3 is 20.7 Å². The predicted octanol–water partition coefficient (Wildman–Crippen LogP) is 3.19. The minimum absolute atomic E-state index is 0.146. The monoisotopic (exact) mass is 577 g/mol. The number of epoxide rings is 1. The molecule has 1 aromatic carbocycles. The Balaban J connectivity index is 2.13. The molecule has 0 saturated carbocycles. The highest BCUT2D eigenvalue weighted by Gasteiger charge is 2.50. The first-order chi connectivity index (χ1) is 16.9. The fraction of sp³-hybridized carbons (Fsp3) is 0.583. The topological polar surface area (TPSA) is 117 Å². The number of amides is 3. The highest BCUT2D eigenvalue weighted by atomic mass is 35.5. The van der Waals surface area contributed by atoms with Crippen molar-refractivity contribution in [2.24, 2.45) is 5.92 Å². The molecule has 12 heteroatoms. The van der Waals surface area contributed by atoms with E-state index in [-0.39, 0.29) is 33.8 Å². The summed E-state index contributed by atoms with van der Waals surface area (Å²) in [5.74, 6) is -0.994. The molecule has 0 spiro atoms. The van der Waals surface area contributed by atoms with Crippen LogP contribution in [0.2, 0.25) is 10.0 Å². The number of rotatable bonds is 14. The van der Waals surface area contributed by atoms with Gasteiger partial charge in [-0.3, -0.25) is 19.2 Å². The van der Waals surface area contributed by atoms with Crippen molar-refractivity contribution < 1.29 is 23.9 Å². The van der Waals surface area contributed by atoms with Crippen molar-refractivity contribution >= 4 is 70.2 Å². The van der Waals surface area contributed by atoms with E-state index in [1.54, 1.807) is 19.2 Å². The summed E-state index contributed by atoms with van der Waals surface area (Å²) >= 11 is 14.9. The maximum atomic E-state index is 13.2. The lowest BCUT2D eigenvalue weighted by molar-refractivity contribution is -0.133. The molecule has 36 heavy (non-hydrogen) atoms. The minimum Gasteiger partial charge on any atom is -0.361 e. The third kappa shape index (κ3) is 8.83. The van der Waals surface area contributed by atoms with E-state index < -0.39 is 41.4 Å². The molecule has 2 rings (SSSR count). The van der Waals surface area contributed by atoms with Gasteiger partial charge >= 0.3 is 0 Å². The number of ether oxygens (including phenoxy) is 1. The van der Waals surface area contributed by atoms with Crippen LogP contribution in [-0.4, -0.2) is 77.9 Å². The molecule has 1 aromatic rings. The molecule has 1 heterocycles. The normalized spacial score (nSPS) is 19.2. The van der Waals surface area contributed by atoms with Crippen LogP contribution in [0.1, 0.15) is 37.6 Å². The average Bonchev–Trinajstić information content (AvgIpc) is 3.57. The lowest BCUT2D eigenvalue weighted by Crippen LogP contribution is -2.58. The molecule has 4 atom stereocenters. The second-order valence-electron chi connectivity index (χ2n) is 9.20. The lowest BCUT2D eigenvalue weighted by Gasteiger charge is -2.26. The van der Waals surface area contributed by atoms with Gasteiger partial charge in [-0.05, 0) is 50.0 Å². The van der Waals surface area contributed by atoms with Crippen molar-refractivity contribution in [1.82, 2.24) is 16.0 Å². The molecule has 0 aromatic heterocycles. The number of Topliss-reactive ketones (excluding diaryl/α,β-unsaturated/α-hetero) is 1. The molecular formula is C24H33Cl2N3O5S2. The van der Waals surface area contributed by atoms with Crippen LogP contribution in [0.3, 0.4) is 0 Å². The van der Waals surface area contributed by atoms with Gasteiger partial charge in [0.05, 0.1) is 23.2 Å². The number of carbonyl (C=O) groups is 4. The quantitative estimate of drug-likeness (QED) is 0.291. The zero-order chi connectivity index (χ0) is 27.0. The summed E-state index contributed by atoms with van der Waals surface area (Å²) in [5.41, 5.74) is -0.729. The Labute approximate surface area is 230 Å². The van der Waals surface area contributed by atoms with Crippen LogP contribution in [-0.2, 0) is 19.1 Å². The highest BCUT2D eigenvalue weighted by molar-refractivity contribution is 7.98. The van der Waals surface area contributed by atoms with Crippen molar-refractivity contribution in [3.8, 4) is 0 Å². The highest BCUT2D eigenvalue weighted by Crippen LogP contribution is 2.29. The molecule has 1 aliphatic rings. The first-order valence-electron chi connectivity index (χ1n) is 11.4. The Morgan fingerprint density at radius 2 is 1.50 bits per heavy atom. The van der Waals surface area contributed by atoms with Gasteiger partial charge in [0, 0.05) is 16.5 Å². The van der Waals surface area contributed by atoms with E-state index in [0.29, 0.717) is 18.1 Å². The molecule has 0 unspecified atom stereocenters. The summed E-state index contributed by atoms with van der Waals surface area (Å²) in [6.45, 7) is 5.96. The van der Waals surface area contributed by atoms with Crippen LogP contribution in [0.5, 0.6) is 0 Å². The molecule has 3 amide bonds. The Morgan fingerprint density at radius 1 is 0.972 bits per heavy atom. The zero-order valence-electron chi connectivity index (χ0n) is 21.0. The maximum absolute atomic E-state index is 13.2. The van der Waals surface area contributed by atoms with Crippen molar-refractivity contribution in [3.05, 3.63) is 33.8 Å². The van der Waals surface area contributed by atoms with Crippen LogP contribution >= 0.6 is 46.7 Å². The molecular weight excluding hydrogens is 545 g/mol. The molecule has 1 aliphatic heterocycles. The molecule has 1 saturated heterocycles. The standard InChI is InChI=1S/C24H33Cl2N3O5S2/c1-13(2)8-17(20(30)24(3)12-34-24)27-22(32)19(11-36-5)29-23(33)18(10-35-4)28-21(31)15-9-14(25)6-7-16(15)26/h6-7,9,13,17-19H,8,10-12H2,1-5H3,(H,27,32)(H,28,31)(H,29,33)/t17-,18-,19-,24+/m0/s1. The summed E-state index contributed by atoms with van der Waals surface area (Å²) in [6.07, 6.45) is 4.06. The first kappa shape index (κ1) is 30.8. The van der Waals surface area contributed by atoms with Gasteiger partial charge in [-0.25, -0.2) is 0 Å². The van der Waals surface area contributed by atoms with Gasteiger partial charge in [0.1, 0.15) is 17.7 Å². The van der Waals surface area contributed by atoms with E-state index in [1.165, 1.54) is 35.7 Å². The van der Waals surface area contributed by atoms with E-state index >= 15 is 0 Å². The molecule has 0 radical (unpaired) electrons. The maximum Gasteiger partial charge on any atom is 0.253 e. The van der Waals surface area contributed by atoms with E-state index in [4.69, 9.17) is 27.9 Å². The van der Waals surface area contributed by atoms with Crippen LogP contribution < -0.4 is 16.0 Å². The third-order valence-electron chi connectivity index (χ3n) is 5.53. The third-order valence-corrected chi connectivity index (χ3v) is 7.43. The Hall–Kier alpha value is -1.46. The van der Waals surface area contributed by atoms with Gasteiger partial charge in [-0.2, -0.15) is 23.5 Å². The SMILES string of the molecule is CSC[C@H](NC(=O)c1cc(Cl)ccc1Cl)C(=O)N[C@@H](CSC)C(=O)N[C@@H](CC(C)C)C(=O)[C@@]1(C)CO1. The number of carbonyl (C=O) groups excluding carboxylic acids is 4. The number of halogens is 2. The second kappa shape index (κ2) is 13.9. The first-order valence-corrected chi connectivity index (χ1v) is 15.0. The Kier molecular flexibility index (Phi) is 11.9. The van der Waals surface area contributed by atoms with Crippen LogP contribution in [0.25, 0.3) is 0 Å². The number of thioether (sulfide) groups is 2. The van der Waals surface area contributed by atoms with Crippen LogP contribution in [0, 0.1) is 5.92 Å². The molecule has 8 nitrogen and oxygen atoms in total. The van der Waals surface area contributed by atoms with Crippen molar-refractivity contribution in [3.63, 3.8) is 0 Å². The number of benzene rings is 1. The molecule has 3 N–H and O–H groups in total. The van der Waals surface area contributed by atoms with Gasteiger partial charge in [-0.1, -0.05) is 37.0 Å². The summed E-state index contributed by atoms with van der Waals surface area (Å²) in [7, 11) is 0. The number of hydrogen-bond donors (Lipinski definition) is 3. The van der Waals surface area contributed by atoms with E-state index in [0.717, 1.165) is 0 Å². The number of hydrogen-bond acceptors (Lipinski definition) is 7. The zero-order valence-corrected chi connectivity index (χ0v) is 24.1. The van der Waals surface area contributed by atoms with Crippen molar-refractivity contribution in [1.29, 1.82) is 0 Å². The second-order valence-corrected chi connectivity index (χ2v) is 11.9. The van der Waals surface area contributed by atoms with Gasteiger partial charge in [-0.15, -0.1) is 0 Å². The average molecular weight is 579 g/mol. The predicted molar refractivity (Wildman–Crippen MR) is 147 cm³/mol. The summed E-state index contributed by atoms with van der Waals surface area (Å²) in [4.78, 5) is 52.0. The molecule has 0 aliphatic carbocycles. The van der Waals surface area contributed by atoms with Crippen molar-refractivity contribution in [2.75, 3.05) is 30.6 Å². The fourth-order valence-electron chi connectivity index (χ4n) is 3.47. The number of ketones is 1. The van der Waals surface area contributed by atoms with Gasteiger partial charge in [0.15, 0.2) is 5.78 Å². The Bertz CT molecular complexity index is 975. The van der Waals surface area contributed by atoms with E-state index in [1.807, 2.05) is 20.1 Å². The van der Waals surface area contributed by atoms with E-state index in [9.17, 15) is 19.2 Å².